The Morgan fingerprint density at radius 2 is 2.05 bits per heavy atom. The quantitative estimate of drug-likeness (QED) is 0.836. The first kappa shape index (κ1) is 19.5. The highest BCUT2D eigenvalue weighted by Gasteiger charge is 2.30. The van der Waals surface area contributed by atoms with Gasteiger partial charge in [0, 0.05) is 11.1 Å². The summed E-state index contributed by atoms with van der Waals surface area (Å²) in [6.07, 6.45) is 3.87. The molecule has 0 aliphatic heterocycles. The molecule has 0 bridgehead atoms. The van der Waals surface area contributed by atoms with Gasteiger partial charge in [-0.2, -0.15) is 0 Å². The Morgan fingerprint density at radius 3 is 2.68 bits per heavy atom. The number of nitrogens with one attached hydrogen (secondary N) is 1. The van der Waals surface area contributed by atoms with Crippen LogP contribution in [0.4, 0.5) is 0 Å². The maximum absolute atomic E-state index is 12.6. The fourth-order valence-electron chi connectivity index (χ4n) is 2.77. The molecule has 0 radical (unpaired) electrons. The molecule has 1 aromatic rings. The first-order valence-electron chi connectivity index (χ1n) is 7.04. The van der Waals surface area contributed by atoms with E-state index in [0.717, 1.165) is 25.7 Å². The highest BCUT2D eigenvalue weighted by atomic mass is 35.5. The Hall–Kier alpha value is -0.530. The van der Waals surface area contributed by atoms with Crippen LogP contribution in [0.15, 0.2) is 23.1 Å². The monoisotopic (exact) mass is 368 g/mol. The van der Waals surface area contributed by atoms with Gasteiger partial charge in [-0.25, -0.2) is 13.1 Å². The molecule has 3 N–H and O–H groups in total. The highest BCUT2D eigenvalue weighted by molar-refractivity contribution is 7.89. The highest BCUT2D eigenvalue weighted by Crippen LogP contribution is 2.29. The normalized spacial score (nSPS) is 22.0. The lowest BCUT2D eigenvalue weighted by atomic mass is 9.85. The summed E-state index contributed by atoms with van der Waals surface area (Å²) in [6.45, 7) is 0.486. The summed E-state index contributed by atoms with van der Waals surface area (Å²) in [6, 6.07) is 4.43. The summed E-state index contributed by atoms with van der Waals surface area (Å²) in [4.78, 5) is 0.0684. The fraction of sp³-hybridized carbons (Fsp3) is 0.571. The first-order valence-corrected chi connectivity index (χ1v) is 8.90. The number of sulfonamides is 1. The molecule has 8 heteroatoms. The molecule has 22 heavy (non-hydrogen) atoms. The molecule has 0 aromatic heterocycles. The lowest BCUT2D eigenvalue weighted by molar-refractivity contribution is 0.295. The van der Waals surface area contributed by atoms with Crippen molar-refractivity contribution in [2.45, 2.75) is 36.6 Å². The van der Waals surface area contributed by atoms with Crippen LogP contribution in [0.3, 0.4) is 0 Å². The standard InChI is InChI=1S/C14H21ClN2O3S.ClH/c1-20-13-7-6-11(15)8-14(13)21(18,19)17-12-5-3-2-4-10(12)9-16;/h6-8,10,12,17H,2-5,9,16H2,1H3;1H. The Labute approximate surface area is 143 Å². The van der Waals surface area contributed by atoms with Crippen molar-refractivity contribution in [2.75, 3.05) is 13.7 Å². The third-order valence-corrected chi connectivity index (χ3v) is 5.68. The number of hydrogen-bond acceptors (Lipinski definition) is 4. The largest absolute Gasteiger partial charge is 0.495 e. The average Bonchev–Trinajstić information content (AvgIpc) is 2.47. The molecule has 1 aliphatic rings. The zero-order valence-electron chi connectivity index (χ0n) is 12.4. The Kier molecular flexibility index (Phi) is 7.41. The van der Waals surface area contributed by atoms with Gasteiger partial charge < -0.3 is 10.5 Å². The predicted octanol–water partition coefficient (Wildman–Crippen LogP) is 2.57. The molecule has 0 saturated heterocycles. The van der Waals surface area contributed by atoms with Crippen molar-refractivity contribution in [3.63, 3.8) is 0 Å². The van der Waals surface area contributed by atoms with E-state index in [-0.39, 0.29) is 35.0 Å². The maximum atomic E-state index is 12.6. The molecule has 2 rings (SSSR count). The van der Waals surface area contributed by atoms with Gasteiger partial charge in [-0.3, -0.25) is 0 Å². The summed E-state index contributed by atoms with van der Waals surface area (Å²) < 4.78 is 33.1. The van der Waals surface area contributed by atoms with Crippen LogP contribution in [0, 0.1) is 5.92 Å². The second-order valence-corrected chi connectivity index (χ2v) is 7.42. The number of methoxy groups -OCH3 is 1. The van der Waals surface area contributed by atoms with Crippen molar-refractivity contribution >= 4 is 34.0 Å². The van der Waals surface area contributed by atoms with Gasteiger partial charge in [0.1, 0.15) is 10.6 Å². The smallest absolute Gasteiger partial charge is 0.244 e. The molecule has 0 amide bonds. The molecule has 1 saturated carbocycles. The molecular formula is C14H22Cl2N2O3S. The Bertz CT molecular complexity index is 596. The zero-order chi connectivity index (χ0) is 15.5. The average molecular weight is 369 g/mol. The van der Waals surface area contributed by atoms with Gasteiger partial charge in [-0.1, -0.05) is 24.4 Å². The van der Waals surface area contributed by atoms with Crippen LogP contribution < -0.4 is 15.2 Å². The van der Waals surface area contributed by atoms with E-state index in [1.54, 1.807) is 12.1 Å². The van der Waals surface area contributed by atoms with Crippen LogP contribution in [-0.4, -0.2) is 28.1 Å². The number of halogens is 2. The SMILES string of the molecule is COc1ccc(Cl)cc1S(=O)(=O)NC1CCCCC1CN.Cl. The second kappa shape index (κ2) is 8.36. The zero-order valence-corrected chi connectivity index (χ0v) is 14.8. The minimum atomic E-state index is -3.68. The van der Waals surface area contributed by atoms with E-state index >= 15 is 0 Å². The van der Waals surface area contributed by atoms with Crippen molar-refractivity contribution in [3.8, 4) is 5.75 Å². The van der Waals surface area contributed by atoms with E-state index in [0.29, 0.717) is 11.6 Å². The van der Waals surface area contributed by atoms with Crippen LogP contribution in [0.2, 0.25) is 5.02 Å². The van der Waals surface area contributed by atoms with Gasteiger partial charge in [-0.05, 0) is 43.5 Å². The molecule has 0 spiro atoms. The molecule has 1 aliphatic carbocycles. The molecular weight excluding hydrogens is 347 g/mol. The number of benzene rings is 1. The predicted molar refractivity (Wildman–Crippen MR) is 90.4 cm³/mol. The van der Waals surface area contributed by atoms with Crippen molar-refractivity contribution in [1.82, 2.24) is 4.72 Å². The van der Waals surface area contributed by atoms with Gasteiger partial charge in [0.25, 0.3) is 0 Å². The maximum Gasteiger partial charge on any atom is 0.244 e. The van der Waals surface area contributed by atoms with Gasteiger partial charge in [0.2, 0.25) is 10.0 Å². The van der Waals surface area contributed by atoms with E-state index in [4.69, 9.17) is 22.1 Å². The Morgan fingerprint density at radius 1 is 1.36 bits per heavy atom. The van der Waals surface area contributed by atoms with Crippen molar-refractivity contribution in [2.24, 2.45) is 11.7 Å². The lowest BCUT2D eigenvalue weighted by Crippen LogP contribution is -2.44. The minimum Gasteiger partial charge on any atom is -0.495 e. The van der Waals surface area contributed by atoms with Gasteiger partial charge in [0.15, 0.2) is 0 Å². The van der Waals surface area contributed by atoms with Crippen LogP contribution in [-0.2, 0) is 10.0 Å². The number of hydrogen-bond donors (Lipinski definition) is 2. The first-order chi connectivity index (χ1) is 9.97. The topological polar surface area (TPSA) is 81.4 Å². The summed E-state index contributed by atoms with van der Waals surface area (Å²) in [5.41, 5.74) is 5.75. The van der Waals surface area contributed by atoms with Crippen LogP contribution in [0.25, 0.3) is 0 Å². The third kappa shape index (κ3) is 4.49. The molecule has 5 nitrogen and oxygen atoms in total. The molecule has 2 unspecified atom stereocenters. The molecule has 126 valence electrons. The van der Waals surface area contributed by atoms with E-state index in [1.165, 1.54) is 13.2 Å². The van der Waals surface area contributed by atoms with Crippen molar-refractivity contribution < 1.29 is 13.2 Å². The lowest BCUT2D eigenvalue weighted by Gasteiger charge is -2.31. The fourth-order valence-corrected chi connectivity index (χ4v) is 4.54. The third-order valence-electron chi connectivity index (χ3n) is 3.93. The van der Waals surface area contributed by atoms with E-state index in [2.05, 4.69) is 4.72 Å². The van der Waals surface area contributed by atoms with E-state index < -0.39 is 10.0 Å². The Balaban J connectivity index is 0.00000242. The van der Waals surface area contributed by atoms with Crippen LogP contribution in [0.5, 0.6) is 5.75 Å². The number of rotatable bonds is 5. The summed E-state index contributed by atoms with van der Waals surface area (Å²) in [7, 11) is -2.25. The number of nitrogens with two attached hydrogens (primary N) is 1. The van der Waals surface area contributed by atoms with Crippen molar-refractivity contribution in [1.29, 1.82) is 0 Å². The molecule has 2 atom stereocenters. The minimum absolute atomic E-state index is 0. The summed E-state index contributed by atoms with van der Waals surface area (Å²) in [5, 5.41) is 0.357. The summed E-state index contributed by atoms with van der Waals surface area (Å²) >= 11 is 5.91. The number of ether oxygens (including phenoxy) is 1. The van der Waals surface area contributed by atoms with Gasteiger partial charge in [0.05, 0.1) is 7.11 Å². The second-order valence-electron chi connectivity index (χ2n) is 5.30. The summed E-state index contributed by atoms with van der Waals surface area (Å²) in [5.74, 6) is 0.464. The molecule has 1 aromatic carbocycles. The van der Waals surface area contributed by atoms with Crippen LogP contribution >= 0.6 is 24.0 Å². The molecule has 1 fully saturated rings. The van der Waals surface area contributed by atoms with Crippen LogP contribution in [0.1, 0.15) is 25.7 Å². The van der Waals surface area contributed by atoms with Gasteiger partial charge >= 0.3 is 0 Å². The van der Waals surface area contributed by atoms with E-state index in [1.807, 2.05) is 0 Å². The van der Waals surface area contributed by atoms with Gasteiger partial charge in [-0.15, -0.1) is 12.4 Å². The van der Waals surface area contributed by atoms with E-state index in [9.17, 15) is 8.42 Å². The molecule has 0 heterocycles. The van der Waals surface area contributed by atoms with Crippen molar-refractivity contribution in [3.05, 3.63) is 23.2 Å².